The Kier molecular flexibility index (Phi) is 4.73. The number of carbonyl (C=O) groups is 1. The lowest BCUT2D eigenvalue weighted by molar-refractivity contribution is -0.138. The molecule has 1 saturated heterocycles. The summed E-state index contributed by atoms with van der Waals surface area (Å²) in [6.45, 7) is 5.30. The number of aryl methyl sites for hydroxylation is 1. The van der Waals surface area contributed by atoms with Crippen LogP contribution in [0.3, 0.4) is 0 Å². The highest BCUT2D eigenvalue weighted by molar-refractivity contribution is 5.69. The van der Waals surface area contributed by atoms with Crippen LogP contribution in [-0.4, -0.2) is 58.3 Å². The van der Waals surface area contributed by atoms with Gasteiger partial charge in [-0.05, 0) is 6.42 Å². The Bertz CT molecular complexity index is 521. The first-order chi connectivity index (χ1) is 9.61. The van der Waals surface area contributed by atoms with Crippen molar-refractivity contribution in [3.63, 3.8) is 0 Å². The molecule has 0 radical (unpaired) electrons. The zero-order valence-electron chi connectivity index (χ0n) is 11.7. The number of aromatic nitrogens is 2. The third kappa shape index (κ3) is 3.36. The third-order valence-corrected chi connectivity index (χ3v) is 3.39. The van der Waals surface area contributed by atoms with E-state index in [-0.39, 0.29) is 12.1 Å². The van der Waals surface area contributed by atoms with E-state index >= 15 is 0 Å². The molecule has 1 aromatic heterocycles. The van der Waals surface area contributed by atoms with Crippen molar-refractivity contribution < 1.29 is 9.90 Å². The van der Waals surface area contributed by atoms with Gasteiger partial charge in [0.05, 0.1) is 6.54 Å². The summed E-state index contributed by atoms with van der Waals surface area (Å²) in [6.07, 6.45) is 4.25. The molecule has 20 heavy (non-hydrogen) atoms. The molecular formula is C13H20N4O3. The molecule has 1 aliphatic rings. The molecule has 110 valence electrons. The van der Waals surface area contributed by atoms with E-state index in [9.17, 15) is 9.59 Å². The van der Waals surface area contributed by atoms with Gasteiger partial charge in [0.1, 0.15) is 0 Å². The summed E-state index contributed by atoms with van der Waals surface area (Å²) in [4.78, 5) is 30.9. The molecule has 1 fully saturated rings. The Morgan fingerprint density at radius 2 is 2.05 bits per heavy atom. The lowest BCUT2D eigenvalue weighted by Gasteiger charge is -2.34. The summed E-state index contributed by atoms with van der Waals surface area (Å²) < 4.78 is 1.67. The zero-order chi connectivity index (χ0) is 14.5. The molecule has 0 atom stereocenters. The minimum atomic E-state index is -0.818. The number of nitrogens with zero attached hydrogens (tertiary/aromatic N) is 4. The van der Waals surface area contributed by atoms with Gasteiger partial charge in [-0.3, -0.25) is 14.5 Å². The summed E-state index contributed by atoms with van der Waals surface area (Å²) >= 11 is 0. The molecule has 0 bridgehead atoms. The standard InChI is InChI=1S/C13H20N4O3/c1-2-4-17-5-3-14-12(13(17)20)16-8-6-15(7-9-16)10-11(18)19/h3,5H,2,4,6-10H2,1H3,(H,18,19). The molecule has 7 nitrogen and oxygen atoms in total. The van der Waals surface area contributed by atoms with Crippen LogP contribution < -0.4 is 10.5 Å². The highest BCUT2D eigenvalue weighted by Gasteiger charge is 2.21. The fourth-order valence-corrected chi connectivity index (χ4v) is 2.38. The van der Waals surface area contributed by atoms with E-state index in [1.54, 1.807) is 17.0 Å². The first kappa shape index (κ1) is 14.5. The van der Waals surface area contributed by atoms with Gasteiger partial charge in [-0.25, -0.2) is 4.98 Å². The molecule has 0 unspecified atom stereocenters. The van der Waals surface area contributed by atoms with Gasteiger partial charge in [-0.1, -0.05) is 6.92 Å². The fourth-order valence-electron chi connectivity index (χ4n) is 2.38. The minimum absolute atomic E-state index is 0.0517. The maximum absolute atomic E-state index is 12.3. The van der Waals surface area contributed by atoms with Crippen molar-refractivity contribution >= 4 is 11.8 Å². The normalized spacial score (nSPS) is 16.4. The van der Waals surface area contributed by atoms with E-state index in [1.165, 1.54) is 0 Å². The van der Waals surface area contributed by atoms with Crippen LogP contribution in [0.25, 0.3) is 0 Å². The van der Waals surface area contributed by atoms with Gasteiger partial charge in [-0.2, -0.15) is 0 Å². The maximum Gasteiger partial charge on any atom is 0.317 e. The molecule has 0 amide bonds. The first-order valence-electron chi connectivity index (χ1n) is 6.86. The molecule has 0 aromatic carbocycles. The van der Waals surface area contributed by atoms with E-state index in [4.69, 9.17) is 5.11 Å². The number of rotatable bonds is 5. The van der Waals surface area contributed by atoms with Crippen LogP contribution in [0, 0.1) is 0 Å². The summed E-state index contributed by atoms with van der Waals surface area (Å²) in [7, 11) is 0. The second kappa shape index (κ2) is 6.51. The van der Waals surface area contributed by atoms with Crippen LogP contribution in [0.1, 0.15) is 13.3 Å². The van der Waals surface area contributed by atoms with Gasteiger partial charge in [0, 0.05) is 45.1 Å². The van der Waals surface area contributed by atoms with Crippen molar-refractivity contribution in [1.82, 2.24) is 14.5 Å². The van der Waals surface area contributed by atoms with E-state index < -0.39 is 5.97 Å². The van der Waals surface area contributed by atoms with Gasteiger partial charge in [0.2, 0.25) is 0 Å². The molecule has 1 N–H and O–H groups in total. The Morgan fingerprint density at radius 3 is 2.65 bits per heavy atom. The number of aliphatic carboxylic acids is 1. The molecule has 2 heterocycles. The second-order valence-corrected chi connectivity index (χ2v) is 4.91. The van der Waals surface area contributed by atoms with Gasteiger partial charge in [0.15, 0.2) is 5.82 Å². The Hall–Kier alpha value is -1.89. The quantitative estimate of drug-likeness (QED) is 0.809. The minimum Gasteiger partial charge on any atom is -0.480 e. The van der Waals surface area contributed by atoms with E-state index in [1.807, 2.05) is 16.7 Å². The molecule has 1 aromatic rings. The Balaban J connectivity index is 2.05. The number of hydrogen-bond donors (Lipinski definition) is 1. The molecule has 0 saturated carbocycles. The van der Waals surface area contributed by atoms with Crippen LogP contribution >= 0.6 is 0 Å². The zero-order valence-corrected chi connectivity index (χ0v) is 11.7. The first-order valence-corrected chi connectivity index (χ1v) is 6.86. The largest absolute Gasteiger partial charge is 0.480 e. The molecule has 2 rings (SSSR count). The molecule has 7 heteroatoms. The van der Waals surface area contributed by atoms with E-state index in [0.717, 1.165) is 6.42 Å². The van der Waals surface area contributed by atoms with E-state index in [0.29, 0.717) is 38.5 Å². The van der Waals surface area contributed by atoms with Gasteiger partial charge >= 0.3 is 5.97 Å². The second-order valence-electron chi connectivity index (χ2n) is 4.91. The van der Waals surface area contributed by atoms with Crippen molar-refractivity contribution in [2.45, 2.75) is 19.9 Å². The molecular weight excluding hydrogens is 260 g/mol. The highest BCUT2D eigenvalue weighted by Crippen LogP contribution is 2.08. The average molecular weight is 280 g/mol. The SMILES string of the molecule is CCCn1ccnc(N2CCN(CC(=O)O)CC2)c1=O. The van der Waals surface area contributed by atoms with Crippen molar-refractivity contribution in [2.75, 3.05) is 37.6 Å². The molecule has 0 aliphatic carbocycles. The van der Waals surface area contributed by atoms with E-state index in [2.05, 4.69) is 4.98 Å². The predicted octanol–water partition coefficient (Wildman–Crippen LogP) is -0.140. The molecule has 1 aliphatic heterocycles. The van der Waals surface area contributed by atoms with Gasteiger partial charge < -0.3 is 14.6 Å². The predicted molar refractivity (Wildman–Crippen MR) is 75.1 cm³/mol. The van der Waals surface area contributed by atoms with Crippen molar-refractivity contribution in [1.29, 1.82) is 0 Å². The topological polar surface area (TPSA) is 78.7 Å². The van der Waals surface area contributed by atoms with Crippen LogP contribution in [0.4, 0.5) is 5.82 Å². The summed E-state index contributed by atoms with van der Waals surface area (Å²) in [5, 5.41) is 8.77. The number of piperazine rings is 1. The van der Waals surface area contributed by atoms with Crippen LogP contribution in [0.2, 0.25) is 0 Å². The van der Waals surface area contributed by atoms with Crippen molar-refractivity contribution in [2.24, 2.45) is 0 Å². The number of anilines is 1. The number of carboxylic acid groups (broad SMARTS) is 1. The lowest BCUT2D eigenvalue weighted by atomic mass is 10.3. The smallest absolute Gasteiger partial charge is 0.317 e. The number of carboxylic acids is 1. The van der Waals surface area contributed by atoms with Crippen molar-refractivity contribution in [3.8, 4) is 0 Å². The monoisotopic (exact) mass is 280 g/mol. The van der Waals surface area contributed by atoms with Gasteiger partial charge in [-0.15, -0.1) is 0 Å². The summed E-state index contributed by atoms with van der Waals surface area (Å²) in [6, 6.07) is 0. The molecule has 0 spiro atoms. The maximum atomic E-state index is 12.3. The fraction of sp³-hybridized carbons (Fsp3) is 0.615. The average Bonchev–Trinajstić information content (AvgIpc) is 2.42. The van der Waals surface area contributed by atoms with Crippen LogP contribution in [0.15, 0.2) is 17.2 Å². The van der Waals surface area contributed by atoms with Crippen molar-refractivity contribution in [3.05, 3.63) is 22.7 Å². The van der Waals surface area contributed by atoms with Crippen LogP contribution in [-0.2, 0) is 11.3 Å². The Labute approximate surface area is 117 Å². The highest BCUT2D eigenvalue weighted by atomic mass is 16.4. The third-order valence-electron chi connectivity index (χ3n) is 3.39. The van der Waals surface area contributed by atoms with Crippen LogP contribution in [0.5, 0.6) is 0 Å². The summed E-state index contributed by atoms with van der Waals surface area (Å²) in [5.41, 5.74) is -0.0685. The lowest BCUT2D eigenvalue weighted by Crippen LogP contribution is -2.49. The number of hydrogen-bond acceptors (Lipinski definition) is 5. The van der Waals surface area contributed by atoms with Gasteiger partial charge in [0.25, 0.3) is 5.56 Å². The summed E-state index contributed by atoms with van der Waals surface area (Å²) in [5.74, 6) is -0.350. The Morgan fingerprint density at radius 1 is 1.35 bits per heavy atom.